The van der Waals surface area contributed by atoms with Gasteiger partial charge in [-0.2, -0.15) is 0 Å². The maximum atomic E-state index is 14.3. The van der Waals surface area contributed by atoms with E-state index >= 15 is 0 Å². The van der Waals surface area contributed by atoms with Crippen molar-refractivity contribution in [1.82, 2.24) is 10.8 Å². The molecule has 0 saturated carbocycles. The van der Waals surface area contributed by atoms with Crippen LogP contribution in [0, 0.1) is 12.8 Å². The van der Waals surface area contributed by atoms with E-state index in [1.165, 1.54) is 0 Å². The number of nitrogens with zero attached hydrogens (tertiary/aromatic N) is 4. The number of likely N-dealkylation sites (N-methyl/N-ethyl adjacent to an activating group) is 2. The van der Waals surface area contributed by atoms with Crippen molar-refractivity contribution in [2.24, 2.45) is 5.92 Å². The Balaban J connectivity index is 0.882. The lowest BCUT2D eigenvalue weighted by atomic mass is 9.99. The van der Waals surface area contributed by atoms with Crippen molar-refractivity contribution < 1.29 is 47.8 Å². The lowest BCUT2D eigenvalue weighted by molar-refractivity contribution is -0.129. The number of rotatable bonds is 25. The summed E-state index contributed by atoms with van der Waals surface area (Å²) in [5.41, 5.74) is 12.2. The molecule has 5 aromatic carbocycles. The van der Waals surface area contributed by atoms with Crippen molar-refractivity contribution in [2.45, 2.75) is 123 Å². The van der Waals surface area contributed by atoms with Gasteiger partial charge in [-0.3, -0.25) is 28.8 Å². The van der Waals surface area contributed by atoms with E-state index in [4.69, 9.17) is 19.0 Å². The predicted octanol–water partition coefficient (Wildman–Crippen LogP) is 9.08. The minimum atomic E-state index is -0.812. The molecule has 0 unspecified atom stereocenters. The van der Waals surface area contributed by atoms with Crippen LogP contribution in [0.4, 0.5) is 28.4 Å². The molecule has 0 bridgehead atoms. The lowest BCUT2D eigenvalue weighted by Crippen LogP contribution is -2.41. The number of unbranched alkanes of at least 4 members (excludes halogenated alkanes) is 2. The monoisotopic (exact) mass is 1090 g/mol. The fraction of sp³-hybridized carbons (Fsp3) is 0.429. The van der Waals surface area contributed by atoms with Crippen molar-refractivity contribution in [1.29, 1.82) is 0 Å². The molecule has 0 fully saturated rings. The number of hydrogen-bond acceptors (Lipinski definition) is 13. The molecule has 4 aliphatic rings. The minimum Gasteiger partial charge on any atom is -0.493 e. The molecule has 4 atom stereocenters. The summed E-state index contributed by atoms with van der Waals surface area (Å²) >= 11 is 0. The molecule has 0 aliphatic carbocycles. The second-order valence-corrected chi connectivity index (χ2v) is 21.8. The summed E-state index contributed by atoms with van der Waals surface area (Å²) in [5, 5.41) is 5.80. The largest absolute Gasteiger partial charge is 0.493 e. The van der Waals surface area contributed by atoms with E-state index in [9.17, 15) is 28.8 Å². The Morgan fingerprint density at radius 3 is 1.81 bits per heavy atom. The van der Waals surface area contributed by atoms with E-state index in [2.05, 4.69) is 38.0 Å². The summed E-state index contributed by atoms with van der Waals surface area (Å²) in [6.45, 7) is 9.85. The molecule has 80 heavy (non-hydrogen) atoms. The Bertz CT molecular complexity index is 3140. The number of anilines is 5. The van der Waals surface area contributed by atoms with Gasteiger partial charge in [-0.15, -0.1) is 0 Å². The van der Waals surface area contributed by atoms with Crippen LogP contribution in [0.15, 0.2) is 91.0 Å². The first-order valence-corrected chi connectivity index (χ1v) is 28.1. The Hall–Kier alpha value is -7.76. The van der Waals surface area contributed by atoms with E-state index in [1.54, 1.807) is 27.0 Å². The van der Waals surface area contributed by atoms with E-state index in [0.29, 0.717) is 90.6 Å². The second kappa shape index (κ2) is 25.6. The molecule has 0 radical (unpaired) electrons. The van der Waals surface area contributed by atoms with Crippen LogP contribution in [0.3, 0.4) is 0 Å². The first-order valence-electron chi connectivity index (χ1n) is 28.1. The van der Waals surface area contributed by atoms with E-state index < -0.39 is 17.9 Å². The lowest BCUT2D eigenvalue weighted by Gasteiger charge is -2.25. The number of carbonyl (C=O) groups is 6. The fourth-order valence-corrected chi connectivity index (χ4v) is 11.4. The number of ether oxygens (including phenoxy) is 3. The van der Waals surface area contributed by atoms with Gasteiger partial charge in [-0.1, -0.05) is 50.2 Å². The van der Waals surface area contributed by atoms with Crippen LogP contribution in [-0.4, -0.2) is 101 Å². The summed E-state index contributed by atoms with van der Waals surface area (Å²) in [5.74, 6) is -0.274. The van der Waals surface area contributed by atoms with E-state index in [0.717, 1.165) is 71.7 Å². The van der Waals surface area contributed by atoms with Crippen LogP contribution >= 0.6 is 0 Å². The molecule has 0 saturated heterocycles. The Labute approximate surface area is 469 Å². The van der Waals surface area contributed by atoms with Gasteiger partial charge in [0.2, 0.25) is 11.8 Å². The number of para-hydroxylation sites is 2. The summed E-state index contributed by atoms with van der Waals surface area (Å²) in [7, 11) is 5.52. The fourth-order valence-electron chi connectivity index (χ4n) is 11.4. The average molecular weight is 1090 g/mol. The normalized spacial score (nSPS) is 16.7. The van der Waals surface area contributed by atoms with Crippen LogP contribution in [-0.2, 0) is 50.1 Å². The highest BCUT2D eigenvalue weighted by Crippen LogP contribution is 2.43. The zero-order chi connectivity index (χ0) is 56.6. The number of hydroxylamine groups is 1. The van der Waals surface area contributed by atoms with Crippen LogP contribution in [0.25, 0.3) is 0 Å². The highest BCUT2D eigenvalue weighted by atomic mass is 16.6. The molecule has 0 spiro atoms. The number of methoxy groups -OCH3 is 1. The zero-order valence-corrected chi connectivity index (χ0v) is 47.2. The minimum absolute atomic E-state index is 0.00392. The Morgan fingerprint density at radius 1 is 0.662 bits per heavy atom. The van der Waals surface area contributed by atoms with E-state index in [-0.39, 0.29) is 67.4 Å². The van der Waals surface area contributed by atoms with Crippen molar-refractivity contribution in [3.8, 4) is 17.2 Å². The third-order valence-electron chi connectivity index (χ3n) is 15.6. The number of amides is 4. The van der Waals surface area contributed by atoms with Gasteiger partial charge in [0.15, 0.2) is 17.3 Å². The molecular formula is C63H75N7O10. The standard InChI is InChI=1S/C63H75N7O10/c1-8-64-80-24-16-15-20-49(71)19-11-14-23-60(73)65-41(4)56(72)26-40(3)61(74)66-46-28-42(37-78-57-33-54-50(25-39(57)2)62(75)69-47(35-67(54)5)30-44-17-9-12-21-52(44)69)27-43(29-46)38-79-59-34-55-51(32-58(59)77-7)63(76)70-48(36-68(55)6)31-45-18-10-13-22-53(45)70/h9-10,12-13,17-18,21-22,25,27-29,32-34,40-41,47-48,64H,8,11,14-16,19-20,23-24,26,30-31,35-38H2,1-7H3,(H,65,73)(H,66,74)/t40-,41+,47+,48+/m1/s1. The van der Waals surface area contributed by atoms with Crippen LogP contribution < -0.4 is 49.9 Å². The number of ketones is 2. The first kappa shape index (κ1) is 56.9. The van der Waals surface area contributed by atoms with Gasteiger partial charge >= 0.3 is 0 Å². The summed E-state index contributed by atoms with van der Waals surface area (Å²) in [4.78, 5) is 94.3. The molecule has 4 heterocycles. The molecule has 4 aliphatic heterocycles. The zero-order valence-electron chi connectivity index (χ0n) is 47.2. The summed E-state index contributed by atoms with van der Waals surface area (Å²) < 4.78 is 19.0. The molecule has 5 aromatic rings. The van der Waals surface area contributed by atoms with Gasteiger partial charge < -0.3 is 49.3 Å². The highest BCUT2D eigenvalue weighted by Gasteiger charge is 2.41. The number of benzene rings is 5. The van der Waals surface area contributed by atoms with Crippen molar-refractivity contribution >= 4 is 63.6 Å². The van der Waals surface area contributed by atoms with Gasteiger partial charge in [-0.05, 0) is 123 Å². The van der Waals surface area contributed by atoms with Crippen molar-refractivity contribution in [2.75, 3.05) is 72.4 Å². The van der Waals surface area contributed by atoms with E-state index in [1.807, 2.05) is 111 Å². The third-order valence-corrected chi connectivity index (χ3v) is 15.6. The summed E-state index contributed by atoms with van der Waals surface area (Å²) in [6, 6.07) is 28.2. The quantitative estimate of drug-likeness (QED) is 0.0371. The maximum Gasteiger partial charge on any atom is 0.260 e. The van der Waals surface area contributed by atoms with Crippen molar-refractivity contribution in [3.63, 3.8) is 0 Å². The third kappa shape index (κ3) is 13.0. The molecule has 17 heteroatoms. The number of Topliss-reactive ketones (excluding diaryl/α,β-unsaturated/α-hetero) is 2. The van der Waals surface area contributed by atoms with Gasteiger partial charge in [-0.25, -0.2) is 5.48 Å². The maximum absolute atomic E-state index is 14.3. The average Bonchev–Trinajstić information content (AvgIpc) is 4.17. The first-order chi connectivity index (χ1) is 38.6. The molecule has 422 valence electrons. The number of aryl methyl sites for hydroxylation is 1. The van der Waals surface area contributed by atoms with Crippen molar-refractivity contribution in [3.05, 3.63) is 130 Å². The second-order valence-electron chi connectivity index (χ2n) is 21.8. The number of fused-ring (bicyclic) bond motifs is 8. The SMILES string of the molecule is CCNOCCCCC(=O)CCCCC(=O)N[C@@H](C)C(=O)C[C@@H](C)C(=O)Nc1cc(COc2cc3c(cc2C)C(=O)N2c4ccccc4C[C@H]2CN3C)cc(COc2cc3c(cc2OC)C(=O)N2c4ccccc4C[C@H]2CN3C)c1. The molecule has 3 N–H and O–H groups in total. The number of carbonyl (C=O) groups excluding carboxylic acids is 6. The van der Waals surface area contributed by atoms with Gasteiger partial charge in [0, 0.05) is 94.5 Å². The molecule has 0 aromatic heterocycles. The number of nitrogens with one attached hydrogen (secondary N) is 3. The smallest absolute Gasteiger partial charge is 0.260 e. The summed E-state index contributed by atoms with van der Waals surface area (Å²) in [6.07, 6.45) is 5.13. The van der Waals surface area contributed by atoms with Gasteiger partial charge in [0.25, 0.3) is 11.8 Å². The molecule has 17 nitrogen and oxygen atoms in total. The molecule has 9 rings (SSSR count). The van der Waals surface area contributed by atoms with Crippen LogP contribution in [0.5, 0.6) is 17.2 Å². The van der Waals surface area contributed by atoms with Crippen LogP contribution in [0.2, 0.25) is 0 Å². The topological polar surface area (TPSA) is 188 Å². The Kier molecular flexibility index (Phi) is 18.2. The van der Waals surface area contributed by atoms with Crippen LogP contribution in [0.1, 0.15) is 121 Å². The molecular weight excluding hydrogens is 1010 g/mol. The predicted molar refractivity (Wildman–Crippen MR) is 309 cm³/mol. The Morgan fingerprint density at radius 2 is 1.21 bits per heavy atom. The highest BCUT2D eigenvalue weighted by molar-refractivity contribution is 6.13. The molecule has 4 amide bonds. The van der Waals surface area contributed by atoms with Gasteiger partial charge in [0.05, 0.1) is 54.3 Å². The number of hydrogen-bond donors (Lipinski definition) is 3. The van der Waals surface area contributed by atoms with Gasteiger partial charge in [0.1, 0.15) is 24.7 Å².